The van der Waals surface area contributed by atoms with Gasteiger partial charge in [-0.05, 0) is 37.9 Å². The minimum atomic E-state index is 0.252. The highest BCUT2D eigenvalue weighted by Crippen LogP contribution is 2.34. The minimum Gasteiger partial charge on any atom is -0.329 e. The lowest BCUT2D eigenvalue weighted by Gasteiger charge is -2.38. The first kappa shape index (κ1) is 12.6. The van der Waals surface area contributed by atoms with Crippen LogP contribution >= 0.6 is 0 Å². The highest BCUT2D eigenvalue weighted by Gasteiger charge is 2.36. The Kier molecular flexibility index (Phi) is 3.85. The number of hydrogen-bond acceptors (Lipinski definition) is 2. The number of benzene rings is 1. The van der Waals surface area contributed by atoms with Gasteiger partial charge in [0.1, 0.15) is 0 Å². The smallest absolute Gasteiger partial charge is 0.0332 e. The van der Waals surface area contributed by atoms with Gasteiger partial charge in [-0.25, -0.2) is 0 Å². The van der Waals surface area contributed by atoms with Crippen LogP contribution in [0.5, 0.6) is 0 Å². The average molecular weight is 232 g/mol. The van der Waals surface area contributed by atoms with Crippen molar-refractivity contribution in [2.45, 2.75) is 44.7 Å². The summed E-state index contributed by atoms with van der Waals surface area (Å²) in [7, 11) is 2.23. The summed E-state index contributed by atoms with van der Waals surface area (Å²) in [6, 6.07) is 8.64. The highest BCUT2D eigenvalue weighted by atomic mass is 15.2. The Labute approximate surface area is 105 Å². The van der Waals surface area contributed by atoms with Crippen molar-refractivity contribution in [3.63, 3.8) is 0 Å². The largest absolute Gasteiger partial charge is 0.329 e. The molecule has 1 fully saturated rings. The van der Waals surface area contributed by atoms with Gasteiger partial charge < -0.3 is 5.73 Å². The van der Waals surface area contributed by atoms with Gasteiger partial charge >= 0.3 is 0 Å². The minimum absolute atomic E-state index is 0.252. The number of likely N-dealkylation sites (N-methyl/N-ethyl adjacent to an activating group) is 1. The molecule has 2 nitrogen and oxygen atoms in total. The lowest BCUT2D eigenvalue weighted by Crippen LogP contribution is -2.49. The molecule has 1 aromatic carbocycles. The van der Waals surface area contributed by atoms with Crippen LogP contribution in [0.1, 0.15) is 36.8 Å². The quantitative estimate of drug-likeness (QED) is 0.865. The van der Waals surface area contributed by atoms with E-state index >= 15 is 0 Å². The molecular formula is C15H24N2. The Hall–Kier alpha value is -0.860. The molecule has 0 unspecified atom stereocenters. The zero-order valence-corrected chi connectivity index (χ0v) is 11.1. The summed E-state index contributed by atoms with van der Waals surface area (Å²) in [5, 5.41) is 0. The van der Waals surface area contributed by atoms with Crippen LogP contribution in [0.3, 0.4) is 0 Å². The molecule has 0 amide bonds. The fourth-order valence-corrected chi connectivity index (χ4v) is 2.99. The topological polar surface area (TPSA) is 29.3 Å². The monoisotopic (exact) mass is 232 g/mol. The highest BCUT2D eigenvalue weighted by molar-refractivity contribution is 5.25. The maximum absolute atomic E-state index is 6.02. The molecule has 94 valence electrons. The van der Waals surface area contributed by atoms with E-state index in [4.69, 9.17) is 5.73 Å². The first-order valence-corrected chi connectivity index (χ1v) is 6.64. The van der Waals surface area contributed by atoms with E-state index in [0.29, 0.717) is 0 Å². The van der Waals surface area contributed by atoms with Gasteiger partial charge in [-0.3, -0.25) is 4.90 Å². The summed E-state index contributed by atoms with van der Waals surface area (Å²) in [6.45, 7) is 3.99. The second-order valence-electron chi connectivity index (χ2n) is 5.42. The molecule has 2 N–H and O–H groups in total. The molecule has 0 bridgehead atoms. The lowest BCUT2D eigenvalue weighted by molar-refractivity contribution is 0.124. The van der Waals surface area contributed by atoms with Crippen LogP contribution < -0.4 is 5.73 Å². The summed E-state index contributed by atoms with van der Waals surface area (Å²) < 4.78 is 0. The Morgan fingerprint density at radius 1 is 1.24 bits per heavy atom. The van der Waals surface area contributed by atoms with E-state index in [-0.39, 0.29) is 5.54 Å². The number of nitrogens with zero attached hydrogens (tertiary/aromatic N) is 1. The zero-order chi connectivity index (χ0) is 12.3. The summed E-state index contributed by atoms with van der Waals surface area (Å²) >= 11 is 0. The number of aryl methyl sites for hydroxylation is 1. The third-order valence-electron chi connectivity index (χ3n) is 4.39. The van der Waals surface area contributed by atoms with Gasteiger partial charge in [0.05, 0.1) is 0 Å². The molecule has 0 saturated heterocycles. The van der Waals surface area contributed by atoms with Crippen LogP contribution in [0, 0.1) is 6.92 Å². The van der Waals surface area contributed by atoms with Crippen LogP contribution in [-0.4, -0.2) is 24.0 Å². The maximum Gasteiger partial charge on any atom is 0.0332 e. The van der Waals surface area contributed by atoms with Crippen molar-refractivity contribution in [3.05, 3.63) is 35.4 Å². The molecule has 17 heavy (non-hydrogen) atoms. The molecular weight excluding hydrogens is 208 g/mol. The SMILES string of the molecule is Cc1ccccc1CN(C)C1(CN)CCCC1. The van der Waals surface area contributed by atoms with E-state index in [0.717, 1.165) is 13.1 Å². The molecule has 0 aromatic heterocycles. The average Bonchev–Trinajstić information content (AvgIpc) is 2.82. The third-order valence-corrected chi connectivity index (χ3v) is 4.39. The van der Waals surface area contributed by atoms with E-state index in [1.54, 1.807) is 0 Å². The first-order chi connectivity index (χ1) is 8.18. The van der Waals surface area contributed by atoms with Crippen molar-refractivity contribution in [3.8, 4) is 0 Å². The molecule has 0 radical (unpaired) electrons. The van der Waals surface area contributed by atoms with Crippen LogP contribution in [0.4, 0.5) is 0 Å². The van der Waals surface area contributed by atoms with Gasteiger partial charge in [0.15, 0.2) is 0 Å². The second-order valence-corrected chi connectivity index (χ2v) is 5.42. The summed E-state index contributed by atoms with van der Waals surface area (Å²) in [4.78, 5) is 2.47. The number of hydrogen-bond donors (Lipinski definition) is 1. The Morgan fingerprint density at radius 2 is 1.88 bits per heavy atom. The summed E-state index contributed by atoms with van der Waals surface area (Å²) in [6.07, 6.45) is 5.17. The predicted octanol–water partition coefficient (Wildman–Crippen LogP) is 2.70. The number of rotatable bonds is 4. The second kappa shape index (κ2) is 5.19. The maximum atomic E-state index is 6.02. The molecule has 1 saturated carbocycles. The Balaban J connectivity index is 2.10. The molecule has 1 aromatic rings. The van der Waals surface area contributed by atoms with Gasteiger partial charge in [-0.2, -0.15) is 0 Å². The van der Waals surface area contributed by atoms with Crippen LogP contribution in [-0.2, 0) is 6.54 Å². The van der Waals surface area contributed by atoms with Crippen LogP contribution in [0.2, 0.25) is 0 Å². The van der Waals surface area contributed by atoms with E-state index < -0.39 is 0 Å². The first-order valence-electron chi connectivity index (χ1n) is 6.64. The van der Waals surface area contributed by atoms with E-state index in [1.807, 2.05) is 0 Å². The normalized spacial score (nSPS) is 18.8. The fourth-order valence-electron chi connectivity index (χ4n) is 2.99. The molecule has 2 heteroatoms. The third kappa shape index (κ3) is 2.53. The van der Waals surface area contributed by atoms with Crippen molar-refractivity contribution < 1.29 is 0 Å². The van der Waals surface area contributed by atoms with Crippen LogP contribution in [0.25, 0.3) is 0 Å². The van der Waals surface area contributed by atoms with E-state index in [9.17, 15) is 0 Å². The van der Waals surface area contributed by atoms with Crippen molar-refractivity contribution in [2.75, 3.05) is 13.6 Å². The van der Waals surface area contributed by atoms with Gasteiger partial charge in [-0.1, -0.05) is 37.1 Å². The van der Waals surface area contributed by atoms with Gasteiger partial charge in [0, 0.05) is 18.6 Å². The van der Waals surface area contributed by atoms with E-state index in [2.05, 4.69) is 43.1 Å². The molecule has 0 heterocycles. The number of nitrogens with two attached hydrogens (primary N) is 1. The Bertz CT molecular complexity index is 367. The molecule has 0 spiro atoms. The zero-order valence-electron chi connectivity index (χ0n) is 11.1. The molecule has 1 aliphatic rings. The van der Waals surface area contributed by atoms with Crippen molar-refractivity contribution >= 4 is 0 Å². The lowest BCUT2D eigenvalue weighted by atomic mass is 9.94. The van der Waals surface area contributed by atoms with Gasteiger partial charge in [-0.15, -0.1) is 0 Å². The summed E-state index contributed by atoms with van der Waals surface area (Å²) in [5.41, 5.74) is 9.08. The molecule has 0 aliphatic heterocycles. The van der Waals surface area contributed by atoms with E-state index in [1.165, 1.54) is 36.8 Å². The molecule has 1 aliphatic carbocycles. The van der Waals surface area contributed by atoms with Crippen molar-refractivity contribution in [1.29, 1.82) is 0 Å². The Morgan fingerprint density at radius 3 is 2.47 bits per heavy atom. The van der Waals surface area contributed by atoms with Gasteiger partial charge in [0.2, 0.25) is 0 Å². The standard InChI is InChI=1S/C15H24N2/c1-13-7-3-4-8-14(13)11-17(2)15(12-16)9-5-6-10-15/h3-4,7-8H,5-6,9-12,16H2,1-2H3. The van der Waals surface area contributed by atoms with Crippen molar-refractivity contribution in [1.82, 2.24) is 4.90 Å². The van der Waals surface area contributed by atoms with Crippen molar-refractivity contribution in [2.24, 2.45) is 5.73 Å². The predicted molar refractivity (Wildman–Crippen MR) is 72.9 cm³/mol. The molecule has 0 atom stereocenters. The fraction of sp³-hybridized carbons (Fsp3) is 0.600. The summed E-state index contributed by atoms with van der Waals surface area (Å²) in [5.74, 6) is 0. The van der Waals surface area contributed by atoms with Crippen LogP contribution in [0.15, 0.2) is 24.3 Å². The molecule has 2 rings (SSSR count). The van der Waals surface area contributed by atoms with Gasteiger partial charge in [0.25, 0.3) is 0 Å².